The van der Waals surface area contributed by atoms with E-state index in [1.54, 1.807) is 0 Å². The van der Waals surface area contributed by atoms with Crippen molar-refractivity contribution in [3.05, 3.63) is 40.8 Å². The van der Waals surface area contributed by atoms with Crippen molar-refractivity contribution >= 4 is 5.84 Å². The Kier molecular flexibility index (Phi) is 3.63. The van der Waals surface area contributed by atoms with E-state index in [4.69, 9.17) is 5.73 Å². The van der Waals surface area contributed by atoms with E-state index in [0.717, 1.165) is 6.42 Å². The summed E-state index contributed by atoms with van der Waals surface area (Å²) in [4.78, 5) is 9.71. The van der Waals surface area contributed by atoms with Crippen LogP contribution in [-0.2, 0) is 6.42 Å². The molecule has 2 N–H and O–H groups in total. The summed E-state index contributed by atoms with van der Waals surface area (Å²) in [5.74, 6) is 0.277. The lowest BCUT2D eigenvalue weighted by molar-refractivity contribution is 1.01. The van der Waals surface area contributed by atoms with Gasteiger partial charge in [-0.2, -0.15) is 0 Å². The molecule has 0 spiro atoms. The van der Waals surface area contributed by atoms with Gasteiger partial charge >= 0.3 is 0 Å². The van der Waals surface area contributed by atoms with E-state index >= 15 is 0 Å². The SMILES string of the molecule is N/C(CCc1ccccc1)=N\N=O. The first-order valence-electron chi connectivity index (χ1n) is 4.01. The van der Waals surface area contributed by atoms with Crippen LogP contribution in [0.15, 0.2) is 40.7 Å². The summed E-state index contributed by atoms with van der Waals surface area (Å²) < 4.78 is 0. The Bertz CT molecular complexity index is 295. The van der Waals surface area contributed by atoms with Crippen LogP contribution in [0.1, 0.15) is 12.0 Å². The lowest BCUT2D eigenvalue weighted by Gasteiger charge is -1.98. The molecule has 0 bridgehead atoms. The second kappa shape index (κ2) is 5.03. The molecule has 1 rings (SSSR count). The van der Waals surface area contributed by atoms with E-state index in [9.17, 15) is 4.91 Å². The van der Waals surface area contributed by atoms with Crippen LogP contribution in [0.4, 0.5) is 0 Å². The van der Waals surface area contributed by atoms with Crippen LogP contribution >= 0.6 is 0 Å². The molecular weight excluding hydrogens is 166 g/mol. The molecule has 0 aliphatic carbocycles. The summed E-state index contributed by atoms with van der Waals surface area (Å²) in [6, 6.07) is 9.87. The van der Waals surface area contributed by atoms with Crippen molar-refractivity contribution in [1.29, 1.82) is 0 Å². The Hall–Kier alpha value is -1.71. The highest BCUT2D eigenvalue weighted by Crippen LogP contribution is 2.01. The number of rotatable bonds is 4. The van der Waals surface area contributed by atoms with Gasteiger partial charge in [-0.25, -0.2) is 0 Å². The maximum absolute atomic E-state index is 9.71. The molecule has 1 aromatic carbocycles. The predicted octanol–water partition coefficient (Wildman–Crippen LogP) is 1.66. The lowest BCUT2D eigenvalue weighted by Crippen LogP contribution is -2.11. The third kappa shape index (κ3) is 3.46. The molecule has 0 radical (unpaired) electrons. The van der Waals surface area contributed by atoms with Crippen LogP contribution in [-0.4, -0.2) is 5.84 Å². The molecule has 0 fully saturated rings. The maximum Gasteiger partial charge on any atom is 0.126 e. The first kappa shape index (κ1) is 9.38. The minimum atomic E-state index is 0.277. The van der Waals surface area contributed by atoms with Gasteiger partial charge in [-0.1, -0.05) is 35.4 Å². The van der Waals surface area contributed by atoms with E-state index in [1.807, 2.05) is 30.3 Å². The topological polar surface area (TPSA) is 67.8 Å². The Morgan fingerprint density at radius 3 is 2.62 bits per heavy atom. The average Bonchev–Trinajstić information content (AvgIpc) is 2.17. The quantitative estimate of drug-likeness (QED) is 0.329. The van der Waals surface area contributed by atoms with E-state index in [-0.39, 0.29) is 5.84 Å². The van der Waals surface area contributed by atoms with E-state index in [1.165, 1.54) is 5.56 Å². The smallest absolute Gasteiger partial charge is 0.126 e. The van der Waals surface area contributed by atoms with Crippen molar-refractivity contribution in [3.8, 4) is 0 Å². The zero-order chi connectivity index (χ0) is 9.52. The molecule has 4 heteroatoms. The molecule has 68 valence electrons. The van der Waals surface area contributed by atoms with Crippen molar-refractivity contribution in [1.82, 2.24) is 0 Å². The van der Waals surface area contributed by atoms with Crippen LogP contribution in [0.5, 0.6) is 0 Å². The summed E-state index contributed by atoms with van der Waals surface area (Å²) in [6.07, 6.45) is 1.35. The van der Waals surface area contributed by atoms with Crippen LogP contribution in [0.25, 0.3) is 0 Å². The standard InChI is InChI=1S/C9H11N3O/c10-9(11-12-13)7-6-8-4-2-1-3-5-8/h1-5H,6-7H2,(H2,10,11,13). The molecule has 0 saturated carbocycles. The van der Waals surface area contributed by atoms with Crippen LogP contribution < -0.4 is 5.73 Å². The highest BCUT2D eigenvalue weighted by molar-refractivity contribution is 5.80. The van der Waals surface area contributed by atoms with E-state index in [2.05, 4.69) is 10.4 Å². The highest BCUT2D eigenvalue weighted by atomic mass is 16.3. The van der Waals surface area contributed by atoms with Crippen molar-refractivity contribution < 1.29 is 0 Å². The lowest BCUT2D eigenvalue weighted by atomic mass is 10.1. The van der Waals surface area contributed by atoms with Gasteiger partial charge in [0.2, 0.25) is 0 Å². The molecule has 0 aromatic heterocycles. The van der Waals surface area contributed by atoms with E-state index < -0.39 is 0 Å². The fourth-order valence-electron chi connectivity index (χ4n) is 1.02. The molecule has 1 aromatic rings. The van der Waals surface area contributed by atoms with Gasteiger partial charge in [0.1, 0.15) is 5.84 Å². The van der Waals surface area contributed by atoms with Crippen LogP contribution in [0.3, 0.4) is 0 Å². The summed E-state index contributed by atoms with van der Waals surface area (Å²) in [7, 11) is 0. The zero-order valence-electron chi connectivity index (χ0n) is 7.18. The number of nitrogens with zero attached hydrogens (tertiary/aromatic N) is 2. The molecule has 0 amide bonds. The van der Waals surface area contributed by atoms with Crippen molar-refractivity contribution in [2.24, 2.45) is 16.1 Å². The summed E-state index contributed by atoms with van der Waals surface area (Å²) in [6.45, 7) is 0. The minimum absolute atomic E-state index is 0.277. The van der Waals surface area contributed by atoms with Gasteiger partial charge in [0.25, 0.3) is 0 Å². The van der Waals surface area contributed by atoms with Gasteiger partial charge in [0.05, 0.1) is 5.29 Å². The second-order valence-corrected chi connectivity index (χ2v) is 2.66. The zero-order valence-corrected chi connectivity index (χ0v) is 7.18. The third-order valence-electron chi connectivity index (χ3n) is 1.68. The van der Waals surface area contributed by atoms with E-state index in [0.29, 0.717) is 6.42 Å². The number of nitrogens with two attached hydrogens (primary N) is 1. The normalized spacial score (nSPS) is 11.2. The Morgan fingerprint density at radius 1 is 1.31 bits per heavy atom. The molecule has 13 heavy (non-hydrogen) atoms. The fraction of sp³-hybridized carbons (Fsp3) is 0.222. The van der Waals surface area contributed by atoms with Crippen molar-refractivity contribution in [2.75, 3.05) is 0 Å². The number of nitroso groups, excluding NO2 is 1. The van der Waals surface area contributed by atoms with Gasteiger partial charge in [-0.15, -0.1) is 4.91 Å². The number of hydrogen-bond acceptors (Lipinski definition) is 2. The molecular formula is C9H11N3O. The Balaban J connectivity index is 2.44. The third-order valence-corrected chi connectivity index (χ3v) is 1.68. The van der Waals surface area contributed by atoms with Crippen LogP contribution in [0, 0.1) is 4.91 Å². The molecule has 0 heterocycles. The summed E-state index contributed by atoms with van der Waals surface area (Å²) >= 11 is 0. The second-order valence-electron chi connectivity index (χ2n) is 2.66. The van der Waals surface area contributed by atoms with Crippen molar-refractivity contribution in [3.63, 3.8) is 0 Å². The largest absolute Gasteiger partial charge is 0.386 e. The molecule has 0 saturated heterocycles. The summed E-state index contributed by atoms with van der Waals surface area (Å²) in [5.41, 5.74) is 6.56. The monoisotopic (exact) mass is 177 g/mol. The Labute approximate surface area is 76.4 Å². The Morgan fingerprint density at radius 2 is 2.00 bits per heavy atom. The minimum Gasteiger partial charge on any atom is -0.386 e. The predicted molar refractivity (Wildman–Crippen MR) is 52.2 cm³/mol. The van der Waals surface area contributed by atoms with Gasteiger partial charge in [0.15, 0.2) is 0 Å². The highest BCUT2D eigenvalue weighted by Gasteiger charge is 1.95. The number of benzene rings is 1. The molecule has 4 nitrogen and oxygen atoms in total. The first-order chi connectivity index (χ1) is 6.33. The number of amidine groups is 1. The number of hydrogen-bond donors (Lipinski definition) is 1. The average molecular weight is 177 g/mol. The van der Waals surface area contributed by atoms with Gasteiger partial charge in [-0.05, 0) is 12.0 Å². The number of aryl methyl sites for hydroxylation is 1. The first-order valence-corrected chi connectivity index (χ1v) is 4.01. The van der Waals surface area contributed by atoms with Crippen molar-refractivity contribution in [2.45, 2.75) is 12.8 Å². The maximum atomic E-state index is 9.71. The molecule has 0 unspecified atom stereocenters. The molecule has 0 atom stereocenters. The van der Waals surface area contributed by atoms with Gasteiger partial charge in [-0.3, -0.25) is 0 Å². The molecule has 0 aliphatic rings. The van der Waals surface area contributed by atoms with Crippen LogP contribution in [0.2, 0.25) is 0 Å². The van der Waals surface area contributed by atoms with Gasteiger partial charge < -0.3 is 5.73 Å². The summed E-state index contributed by atoms with van der Waals surface area (Å²) in [5, 5.41) is 5.56. The van der Waals surface area contributed by atoms with Gasteiger partial charge in [0, 0.05) is 6.42 Å². The fourth-order valence-corrected chi connectivity index (χ4v) is 1.02. The molecule has 0 aliphatic heterocycles.